The molecule has 39 heavy (non-hydrogen) atoms. The molecular weight excluding hydrogens is 500 g/mol. The van der Waals surface area contributed by atoms with E-state index in [4.69, 9.17) is 19.7 Å². The van der Waals surface area contributed by atoms with Crippen LogP contribution in [-0.2, 0) is 4.74 Å². The minimum atomic E-state index is -0.865. The summed E-state index contributed by atoms with van der Waals surface area (Å²) >= 11 is 0. The minimum absolute atomic E-state index is 0.0963. The fourth-order valence-electron chi connectivity index (χ4n) is 5.98. The SMILES string of the molecule is CC(C)(C)OC(=O)NC1CCC(Nc2nc(NC3CCN(C(=O)O)CC3)c3ncn(C4CCCC4)c3n2)CC1. The van der Waals surface area contributed by atoms with Gasteiger partial charge in [-0.05, 0) is 72.1 Å². The molecule has 1 aliphatic heterocycles. The Labute approximate surface area is 229 Å². The first-order chi connectivity index (χ1) is 18.6. The third kappa shape index (κ3) is 6.83. The number of piperidine rings is 1. The standard InChI is InChI=1S/C27H42N8O4/c1-27(2,3)39-25(36)31-18-10-8-17(9-11-18)30-24-32-22(29-19-12-14-34(15-13-19)26(37)38)21-23(33-24)35(16-28-21)20-6-4-5-7-20/h16-20H,4-15H2,1-3H3,(H,31,36)(H,37,38)(H2,29,30,32,33). The molecule has 2 saturated carbocycles. The number of anilines is 2. The topological polar surface area (TPSA) is 147 Å². The summed E-state index contributed by atoms with van der Waals surface area (Å²) in [6.45, 7) is 6.60. The lowest BCUT2D eigenvalue weighted by Gasteiger charge is -2.31. The highest BCUT2D eigenvalue weighted by molar-refractivity contribution is 5.84. The number of carbonyl (C=O) groups excluding carboxylic acids is 1. The van der Waals surface area contributed by atoms with E-state index in [1.807, 2.05) is 27.1 Å². The monoisotopic (exact) mass is 542 g/mol. The first-order valence-electron chi connectivity index (χ1n) is 14.4. The summed E-state index contributed by atoms with van der Waals surface area (Å²) in [5.41, 5.74) is 1.09. The Morgan fingerprint density at radius 3 is 2.21 bits per heavy atom. The fraction of sp³-hybridized carbons (Fsp3) is 0.741. The molecule has 3 heterocycles. The van der Waals surface area contributed by atoms with Gasteiger partial charge in [-0.1, -0.05) is 12.8 Å². The second kappa shape index (κ2) is 11.4. The summed E-state index contributed by atoms with van der Waals surface area (Å²) in [6, 6.07) is 0.823. The van der Waals surface area contributed by atoms with Crippen LogP contribution in [0.3, 0.4) is 0 Å². The van der Waals surface area contributed by atoms with Crippen LogP contribution in [0, 0.1) is 0 Å². The van der Waals surface area contributed by atoms with Crippen molar-refractivity contribution in [3.8, 4) is 0 Å². The van der Waals surface area contributed by atoms with Crippen LogP contribution in [0.4, 0.5) is 21.4 Å². The van der Waals surface area contributed by atoms with E-state index in [-0.39, 0.29) is 24.2 Å². The maximum absolute atomic E-state index is 12.2. The number of ether oxygens (including phenoxy) is 1. The fourth-order valence-corrected chi connectivity index (χ4v) is 5.98. The van der Waals surface area contributed by atoms with Crippen LogP contribution < -0.4 is 16.0 Å². The van der Waals surface area contributed by atoms with Crippen LogP contribution in [0.2, 0.25) is 0 Å². The molecule has 2 aromatic heterocycles. The second-order valence-electron chi connectivity index (χ2n) is 12.2. The van der Waals surface area contributed by atoms with Crippen molar-refractivity contribution in [3.05, 3.63) is 6.33 Å². The molecule has 0 unspecified atom stereocenters. The molecule has 2 amide bonds. The number of hydrogen-bond donors (Lipinski definition) is 4. The zero-order valence-corrected chi connectivity index (χ0v) is 23.3. The van der Waals surface area contributed by atoms with Crippen molar-refractivity contribution in [3.63, 3.8) is 0 Å². The molecule has 12 heteroatoms. The summed E-state index contributed by atoms with van der Waals surface area (Å²) < 4.78 is 7.61. The highest BCUT2D eigenvalue weighted by atomic mass is 16.6. The van der Waals surface area contributed by atoms with E-state index >= 15 is 0 Å². The van der Waals surface area contributed by atoms with Crippen molar-refractivity contribution >= 4 is 35.1 Å². The molecule has 2 aliphatic carbocycles. The third-order valence-electron chi connectivity index (χ3n) is 8.03. The van der Waals surface area contributed by atoms with Crippen LogP contribution in [0.5, 0.6) is 0 Å². The lowest BCUT2D eigenvalue weighted by atomic mass is 9.91. The molecule has 4 N–H and O–H groups in total. The van der Waals surface area contributed by atoms with Gasteiger partial charge in [0.15, 0.2) is 17.0 Å². The van der Waals surface area contributed by atoms with Gasteiger partial charge in [0.2, 0.25) is 5.95 Å². The van der Waals surface area contributed by atoms with Crippen molar-refractivity contribution in [2.75, 3.05) is 23.7 Å². The van der Waals surface area contributed by atoms with E-state index < -0.39 is 11.7 Å². The summed E-state index contributed by atoms with van der Waals surface area (Å²) in [5, 5.41) is 19.4. The first-order valence-corrected chi connectivity index (χ1v) is 14.4. The van der Waals surface area contributed by atoms with Crippen LogP contribution >= 0.6 is 0 Å². The molecule has 214 valence electrons. The minimum Gasteiger partial charge on any atom is -0.465 e. The van der Waals surface area contributed by atoms with Gasteiger partial charge in [0.05, 0.1) is 6.33 Å². The van der Waals surface area contributed by atoms with Gasteiger partial charge in [-0.15, -0.1) is 0 Å². The van der Waals surface area contributed by atoms with Crippen molar-refractivity contribution < 1.29 is 19.4 Å². The summed E-state index contributed by atoms with van der Waals surface area (Å²) in [5.74, 6) is 1.28. The normalized spacial score (nSPS) is 23.1. The first kappa shape index (κ1) is 27.3. The van der Waals surface area contributed by atoms with E-state index in [0.717, 1.165) is 62.5 Å². The zero-order chi connectivity index (χ0) is 27.6. The van der Waals surface area contributed by atoms with Gasteiger partial charge in [-0.25, -0.2) is 14.6 Å². The number of carboxylic acid groups (broad SMARTS) is 1. The van der Waals surface area contributed by atoms with Crippen LogP contribution in [0.15, 0.2) is 6.33 Å². The smallest absolute Gasteiger partial charge is 0.407 e. The van der Waals surface area contributed by atoms with Gasteiger partial charge in [0.25, 0.3) is 0 Å². The molecule has 1 saturated heterocycles. The average molecular weight is 543 g/mol. The Morgan fingerprint density at radius 2 is 1.56 bits per heavy atom. The highest BCUT2D eigenvalue weighted by Gasteiger charge is 2.28. The van der Waals surface area contributed by atoms with E-state index in [0.29, 0.717) is 30.9 Å². The molecule has 12 nitrogen and oxygen atoms in total. The van der Waals surface area contributed by atoms with Gasteiger partial charge < -0.3 is 35.3 Å². The number of hydrogen-bond acceptors (Lipinski definition) is 8. The number of amides is 2. The number of carbonyl (C=O) groups is 2. The molecule has 0 spiro atoms. The molecule has 3 fully saturated rings. The number of likely N-dealkylation sites (tertiary alicyclic amines) is 1. The van der Waals surface area contributed by atoms with E-state index in [1.54, 1.807) is 0 Å². The summed E-state index contributed by atoms with van der Waals surface area (Å²) in [7, 11) is 0. The predicted octanol–water partition coefficient (Wildman–Crippen LogP) is 4.74. The van der Waals surface area contributed by atoms with Crippen molar-refractivity contribution in [1.29, 1.82) is 0 Å². The number of nitrogens with zero attached hydrogens (tertiary/aromatic N) is 5. The highest BCUT2D eigenvalue weighted by Crippen LogP contribution is 2.34. The van der Waals surface area contributed by atoms with Gasteiger partial charge in [0, 0.05) is 37.3 Å². The quantitative estimate of drug-likeness (QED) is 0.406. The lowest BCUT2D eigenvalue weighted by Crippen LogP contribution is -2.42. The molecule has 0 bridgehead atoms. The van der Waals surface area contributed by atoms with E-state index in [9.17, 15) is 14.7 Å². The van der Waals surface area contributed by atoms with Crippen molar-refractivity contribution in [2.45, 2.75) is 115 Å². The Kier molecular flexibility index (Phi) is 7.99. The Morgan fingerprint density at radius 1 is 0.923 bits per heavy atom. The maximum atomic E-state index is 12.2. The Bertz CT molecular complexity index is 1160. The average Bonchev–Trinajstić information content (AvgIpc) is 3.54. The predicted molar refractivity (Wildman–Crippen MR) is 148 cm³/mol. The van der Waals surface area contributed by atoms with E-state index in [1.165, 1.54) is 17.7 Å². The molecule has 2 aromatic rings. The zero-order valence-electron chi connectivity index (χ0n) is 23.3. The van der Waals surface area contributed by atoms with Gasteiger partial charge in [0.1, 0.15) is 5.60 Å². The number of fused-ring (bicyclic) bond motifs is 1. The van der Waals surface area contributed by atoms with E-state index in [2.05, 4.69) is 20.5 Å². The molecule has 3 aliphatic rings. The number of nitrogens with one attached hydrogen (secondary N) is 3. The number of aromatic nitrogens is 4. The Hall–Kier alpha value is -3.31. The molecule has 0 atom stereocenters. The molecule has 0 aromatic carbocycles. The molecule has 0 radical (unpaired) electrons. The van der Waals surface area contributed by atoms with Crippen molar-refractivity contribution in [1.82, 2.24) is 29.7 Å². The number of alkyl carbamates (subject to hydrolysis) is 1. The van der Waals surface area contributed by atoms with Crippen LogP contribution in [0.1, 0.15) is 91.0 Å². The number of imidazole rings is 1. The van der Waals surface area contributed by atoms with Crippen molar-refractivity contribution in [2.24, 2.45) is 0 Å². The lowest BCUT2D eigenvalue weighted by molar-refractivity contribution is 0.0492. The van der Waals surface area contributed by atoms with Gasteiger partial charge in [-0.3, -0.25) is 0 Å². The van der Waals surface area contributed by atoms with Crippen LogP contribution in [0.25, 0.3) is 11.2 Å². The Balaban J connectivity index is 1.28. The summed E-state index contributed by atoms with van der Waals surface area (Å²) in [4.78, 5) is 39.5. The largest absolute Gasteiger partial charge is 0.465 e. The number of rotatable bonds is 6. The molecular formula is C27H42N8O4. The van der Waals surface area contributed by atoms with Gasteiger partial charge >= 0.3 is 12.2 Å². The maximum Gasteiger partial charge on any atom is 0.407 e. The molecule has 5 rings (SSSR count). The summed E-state index contributed by atoms with van der Waals surface area (Å²) in [6.07, 6.45) is 10.3. The third-order valence-corrected chi connectivity index (χ3v) is 8.03. The van der Waals surface area contributed by atoms with Crippen LogP contribution in [-0.4, -0.2) is 78.5 Å². The van der Waals surface area contributed by atoms with Gasteiger partial charge in [-0.2, -0.15) is 9.97 Å². The second-order valence-corrected chi connectivity index (χ2v) is 12.2.